The topological polar surface area (TPSA) is 128 Å². The summed E-state index contributed by atoms with van der Waals surface area (Å²) in [4.78, 5) is 62.1. The molecule has 10 nitrogen and oxygen atoms in total. The van der Waals surface area contributed by atoms with Gasteiger partial charge in [0.05, 0.1) is 0 Å². The molecule has 2 unspecified atom stereocenters. The Morgan fingerprint density at radius 1 is 1.07 bits per heavy atom. The second kappa shape index (κ2) is 7.04. The number of carbonyl (C=O) groups excluding carboxylic acids is 5. The summed E-state index contributed by atoms with van der Waals surface area (Å²) >= 11 is 0. The van der Waals surface area contributed by atoms with E-state index in [4.69, 9.17) is 0 Å². The Hall–Kier alpha value is -3.57. The molecule has 1 aromatic rings. The van der Waals surface area contributed by atoms with Crippen molar-refractivity contribution in [1.82, 2.24) is 26.0 Å². The molecule has 0 spiro atoms. The van der Waals surface area contributed by atoms with E-state index >= 15 is 0 Å². The van der Waals surface area contributed by atoms with Gasteiger partial charge in [-0.25, -0.2) is 18.4 Å². The van der Waals surface area contributed by atoms with Gasteiger partial charge in [-0.2, -0.15) is 5.01 Å². The van der Waals surface area contributed by atoms with Gasteiger partial charge in [-0.15, -0.1) is 0 Å². The molecule has 3 N–H and O–H groups in total. The van der Waals surface area contributed by atoms with E-state index in [1.807, 2.05) is 5.43 Å². The fraction of sp³-hybridized carbons (Fsp3) is 0.389. The fourth-order valence-corrected chi connectivity index (χ4v) is 3.23. The Morgan fingerprint density at radius 3 is 2.33 bits per heavy atom. The molecule has 12 heteroatoms. The van der Waals surface area contributed by atoms with Gasteiger partial charge in [0.2, 0.25) is 0 Å². The van der Waals surface area contributed by atoms with Gasteiger partial charge in [0, 0.05) is 5.56 Å². The van der Waals surface area contributed by atoms with Crippen LogP contribution in [0.4, 0.5) is 18.4 Å². The van der Waals surface area contributed by atoms with Crippen LogP contribution in [-0.2, 0) is 19.9 Å². The minimum absolute atomic E-state index is 0.272. The van der Waals surface area contributed by atoms with Crippen LogP contribution >= 0.6 is 0 Å². The summed E-state index contributed by atoms with van der Waals surface area (Å²) in [6.45, 7) is 3.48. The number of nitrogens with zero attached hydrogens (tertiary/aromatic N) is 2. The van der Waals surface area contributed by atoms with E-state index in [9.17, 15) is 32.8 Å². The van der Waals surface area contributed by atoms with Gasteiger partial charge in [0.1, 0.15) is 29.3 Å². The third-order valence-electron chi connectivity index (χ3n) is 5.25. The number of hydrogen-bond donors (Lipinski definition) is 3. The van der Waals surface area contributed by atoms with Crippen LogP contribution in [0.5, 0.6) is 0 Å². The average molecular weight is 423 g/mol. The highest BCUT2D eigenvalue weighted by Gasteiger charge is 2.52. The Labute approximate surface area is 169 Å². The summed E-state index contributed by atoms with van der Waals surface area (Å²) < 4.78 is 27.7. The van der Waals surface area contributed by atoms with Crippen molar-refractivity contribution >= 4 is 29.8 Å². The zero-order chi connectivity index (χ0) is 22.4. The molecule has 2 aliphatic rings. The molecule has 0 bridgehead atoms. The van der Waals surface area contributed by atoms with Crippen LogP contribution in [0, 0.1) is 11.6 Å². The maximum atomic E-state index is 14.2. The molecule has 0 aliphatic carbocycles. The molecule has 0 saturated carbocycles. The van der Waals surface area contributed by atoms with Crippen LogP contribution in [0.3, 0.4) is 0 Å². The molecular weight excluding hydrogens is 404 g/mol. The predicted octanol–water partition coefficient (Wildman–Crippen LogP) is 0.483. The van der Waals surface area contributed by atoms with Crippen LogP contribution in [0.2, 0.25) is 0 Å². The van der Waals surface area contributed by atoms with E-state index in [1.165, 1.54) is 13.8 Å². The molecule has 7 amide bonds. The van der Waals surface area contributed by atoms with Crippen LogP contribution in [0.15, 0.2) is 18.2 Å². The monoisotopic (exact) mass is 423 g/mol. The zero-order valence-corrected chi connectivity index (χ0v) is 16.3. The molecule has 30 heavy (non-hydrogen) atoms. The molecule has 0 aromatic heterocycles. The molecule has 3 rings (SSSR count). The first-order valence-electron chi connectivity index (χ1n) is 8.99. The summed E-state index contributed by atoms with van der Waals surface area (Å²) in [6.07, 6.45) is 0.272. The molecule has 2 saturated heterocycles. The number of carbonyl (C=O) groups is 5. The van der Waals surface area contributed by atoms with Gasteiger partial charge in [-0.3, -0.25) is 24.7 Å². The summed E-state index contributed by atoms with van der Waals surface area (Å²) in [7, 11) is 0. The van der Waals surface area contributed by atoms with E-state index in [0.717, 1.165) is 18.2 Å². The Kier molecular flexibility index (Phi) is 4.96. The Bertz CT molecular complexity index is 986. The summed E-state index contributed by atoms with van der Waals surface area (Å²) in [5.74, 6) is -4.44. The van der Waals surface area contributed by atoms with Gasteiger partial charge >= 0.3 is 12.1 Å². The van der Waals surface area contributed by atoms with E-state index in [1.54, 1.807) is 6.92 Å². The van der Waals surface area contributed by atoms with Gasteiger partial charge in [-0.05, 0) is 38.5 Å². The maximum Gasteiger partial charge on any atom is 0.344 e. The van der Waals surface area contributed by atoms with Crippen molar-refractivity contribution < 1.29 is 32.8 Å². The zero-order valence-electron chi connectivity index (χ0n) is 16.3. The lowest BCUT2D eigenvalue weighted by Gasteiger charge is -2.23. The largest absolute Gasteiger partial charge is 0.344 e. The van der Waals surface area contributed by atoms with Crippen molar-refractivity contribution in [3.05, 3.63) is 35.4 Å². The number of hydrazine groups is 1. The molecule has 2 fully saturated rings. The van der Waals surface area contributed by atoms with E-state index < -0.39 is 64.6 Å². The number of halogens is 2. The number of hydrogen-bond acceptors (Lipinski definition) is 5. The second-order valence-electron chi connectivity index (χ2n) is 7.36. The molecule has 0 radical (unpaired) electrons. The maximum absolute atomic E-state index is 14.2. The first-order valence-corrected chi connectivity index (χ1v) is 8.99. The van der Waals surface area contributed by atoms with E-state index in [2.05, 4.69) is 10.6 Å². The summed E-state index contributed by atoms with van der Waals surface area (Å²) in [5, 5.41) is 5.14. The highest BCUT2D eigenvalue weighted by Crippen LogP contribution is 2.31. The Morgan fingerprint density at radius 2 is 1.73 bits per heavy atom. The molecule has 2 aliphatic heterocycles. The molecular formula is C18H19F2N5O5. The van der Waals surface area contributed by atoms with E-state index in [-0.39, 0.29) is 6.42 Å². The minimum atomic E-state index is -1.94. The lowest BCUT2D eigenvalue weighted by atomic mass is 9.91. The Balaban J connectivity index is 1.76. The van der Waals surface area contributed by atoms with Crippen LogP contribution < -0.4 is 16.1 Å². The highest BCUT2D eigenvalue weighted by atomic mass is 19.1. The SMILES string of the molecule is CCC1(C)NC(=O)N(NC(=O)CN2C(=O)NC(C)(c3cc(F)ccc3F)C2=O)C1=O. The molecule has 2 atom stereocenters. The van der Waals surface area contributed by atoms with Crippen molar-refractivity contribution in [3.8, 4) is 0 Å². The second-order valence-corrected chi connectivity index (χ2v) is 7.36. The predicted molar refractivity (Wildman–Crippen MR) is 96.2 cm³/mol. The van der Waals surface area contributed by atoms with Crippen molar-refractivity contribution in [2.45, 2.75) is 38.3 Å². The first-order chi connectivity index (χ1) is 13.9. The summed E-state index contributed by atoms with van der Waals surface area (Å²) in [6, 6.07) is 0.568. The van der Waals surface area contributed by atoms with Crippen LogP contribution in [0.1, 0.15) is 32.8 Å². The van der Waals surface area contributed by atoms with Crippen molar-refractivity contribution in [2.75, 3.05) is 6.54 Å². The molecule has 2 heterocycles. The molecule has 1 aromatic carbocycles. The number of amides is 7. The summed E-state index contributed by atoms with van der Waals surface area (Å²) in [5.41, 5.74) is -1.49. The third-order valence-corrected chi connectivity index (χ3v) is 5.25. The highest BCUT2D eigenvalue weighted by molar-refractivity contribution is 6.10. The van der Waals surface area contributed by atoms with E-state index in [0.29, 0.717) is 9.91 Å². The number of nitrogens with one attached hydrogen (secondary N) is 3. The van der Waals surface area contributed by atoms with Crippen LogP contribution in [0.25, 0.3) is 0 Å². The van der Waals surface area contributed by atoms with Crippen molar-refractivity contribution in [3.63, 3.8) is 0 Å². The van der Waals surface area contributed by atoms with Crippen molar-refractivity contribution in [2.24, 2.45) is 0 Å². The minimum Gasteiger partial charge on any atom is -0.322 e. The normalized spacial score (nSPS) is 26.2. The fourth-order valence-electron chi connectivity index (χ4n) is 3.23. The first kappa shape index (κ1) is 21.1. The number of imide groups is 2. The van der Waals surface area contributed by atoms with Gasteiger partial charge in [0.25, 0.3) is 17.7 Å². The number of urea groups is 2. The lowest BCUT2D eigenvalue weighted by molar-refractivity contribution is -0.140. The van der Waals surface area contributed by atoms with Gasteiger partial charge in [0.15, 0.2) is 0 Å². The average Bonchev–Trinajstić information content (AvgIpc) is 3.03. The lowest BCUT2D eigenvalue weighted by Crippen LogP contribution is -2.52. The molecule has 160 valence electrons. The number of rotatable bonds is 5. The quantitative estimate of drug-likeness (QED) is 0.594. The third kappa shape index (κ3) is 3.23. The van der Waals surface area contributed by atoms with Crippen LogP contribution in [-0.4, -0.2) is 51.8 Å². The smallest absolute Gasteiger partial charge is 0.322 e. The number of benzene rings is 1. The van der Waals surface area contributed by atoms with Gasteiger partial charge < -0.3 is 10.6 Å². The van der Waals surface area contributed by atoms with Crippen molar-refractivity contribution in [1.29, 1.82) is 0 Å². The standard InChI is InChI=1S/C18H19F2N5O5/c1-4-17(2)13(27)25(16(30)21-17)23-12(26)8-24-14(28)18(3,22-15(24)29)10-7-9(19)5-6-11(10)20/h5-7H,4,8H2,1-3H3,(H,21,30)(H,22,29)(H,23,26). The van der Waals surface area contributed by atoms with Gasteiger partial charge in [-0.1, -0.05) is 6.92 Å².